The van der Waals surface area contributed by atoms with Crippen LogP contribution in [0.15, 0.2) is 59.9 Å². The van der Waals surface area contributed by atoms with E-state index in [2.05, 4.69) is 10.1 Å². The summed E-state index contributed by atoms with van der Waals surface area (Å²) in [5.74, 6) is 0.713. The van der Waals surface area contributed by atoms with Crippen molar-refractivity contribution in [2.75, 3.05) is 0 Å². The molecule has 3 nitrogen and oxygen atoms in total. The van der Waals surface area contributed by atoms with Crippen molar-refractivity contribution < 1.29 is 4.84 Å². The summed E-state index contributed by atoms with van der Waals surface area (Å²) >= 11 is 0. The van der Waals surface area contributed by atoms with E-state index >= 15 is 0 Å². The fraction of sp³-hybridized carbons (Fsp3) is 0. The molecule has 0 aliphatic rings. The zero-order chi connectivity index (χ0) is 10.3. The molecule has 0 saturated carbocycles. The van der Waals surface area contributed by atoms with Gasteiger partial charge in [-0.15, -0.1) is 0 Å². The summed E-state index contributed by atoms with van der Waals surface area (Å²) in [4.78, 5) is 9.22. The minimum Gasteiger partial charge on any atom is -0.357 e. The summed E-state index contributed by atoms with van der Waals surface area (Å²) < 4.78 is 0. The van der Waals surface area contributed by atoms with E-state index in [1.54, 1.807) is 12.4 Å². The second-order valence-corrected chi connectivity index (χ2v) is 2.89. The van der Waals surface area contributed by atoms with Gasteiger partial charge in [0.2, 0.25) is 0 Å². The van der Waals surface area contributed by atoms with Gasteiger partial charge in [-0.25, -0.2) is 0 Å². The molecule has 0 atom stereocenters. The molecule has 1 aromatic carbocycles. The zero-order valence-electron chi connectivity index (χ0n) is 8.08. The lowest BCUT2D eigenvalue weighted by molar-refractivity contribution is 0.344. The number of pyridine rings is 1. The molecule has 1 heterocycles. The minimum atomic E-state index is 0.713. The summed E-state index contributed by atoms with van der Waals surface area (Å²) in [5.41, 5.74) is 0.772. The third-order valence-electron chi connectivity index (χ3n) is 1.77. The Balaban J connectivity index is 1.97. The standard InChI is InChI=1S/C12H10N2O/c1-2-7-12(8-3-1)15-14-10-11-6-4-5-9-13-11/h1-10H. The van der Waals surface area contributed by atoms with Crippen molar-refractivity contribution in [3.05, 3.63) is 60.4 Å². The highest BCUT2D eigenvalue weighted by Crippen LogP contribution is 2.07. The lowest BCUT2D eigenvalue weighted by atomic mass is 10.3. The van der Waals surface area contributed by atoms with Gasteiger partial charge >= 0.3 is 0 Å². The van der Waals surface area contributed by atoms with E-state index in [-0.39, 0.29) is 0 Å². The highest BCUT2D eigenvalue weighted by molar-refractivity contribution is 5.76. The Morgan fingerprint density at radius 1 is 1.00 bits per heavy atom. The second-order valence-electron chi connectivity index (χ2n) is 2.89. The van der Waals surface area contributed by atoms with Gasteiger partial charge in [0, 0.05) is 6.20 Å². The predicted molar refractivity (Wildman–Crippen MR) is 58.9 cm³/mol. The third kappa shape index (κ3) is 2.91. The SMILES string of the molecule is C(=NOc1ccccc1)c1ccccn1. The molecule has 0 unspecified atom stereocenters. The third-order valence-corrected chi connectivity index (χ3v) is 1.77. The zero-order valence-corrected chi connectivity index (χ0v) is 8.08. The van der Waals surface area contributed by atoms with Crippen molar-refractivity contribution in [2.24, 2.45) is 5.16 Å². The summed E-state index contributed by atoms with van der Waals surface area (Å²) in [7, 11) is 0. The van der Waals surface area contributed by atoms with Crippen LogP contribution in [0.2, 0.25) is 0 Å². The van der Waals surface area contributed by atoms with Crippen LogP contribution in [0.25, 0.3) is 0 Å². The van der Waals surface area contributed by atoms with E-state index in [1.807, 2.05) is 48.5 Å². The normalized spacial score (nSPS) is 10.4. The first-order chi connectivity index (χ1) is 7.45. The molecular formula is C12H10N2O. The number of hydrogen-bond acceptors (Lipinski definition) is 3. The van der Waals surface area contributed by atoms with Gasteiger partial charge in [0.1, 0.15) is 0 Å². The number of benzene rings is 1. The van der Waals surface area contributed by atoms with Crippen LogP contribution in [-0.4, -0.2) is 11.2 Å². The highest BCUT2D eigenvalue weighted by Gasteiger charge is 1.88. The van der Waals surface area contributed by atoms with E-state index in [1.165, 1.54) is 0 Å². The van der Waals surface area contributed by atoms with Gasteiger partial charge in [0.15, 0.2) is 5.75 Å². The number of hydrogen-bond donors (Lipinski definition) is 0. The van der Waals surface area contributed by atoms with Gasteiger partial charge in [-0.3, -0.25) is 4.98 Å². The Morgan fingerprint density at radius 3 is 2.53 bits per heavy atom. The van der Waals surface area contributed by atoms with Crippen molar-refractivity contribution in [1.29, 1.82) is 0 Å². The molecule has 0 bridgehead atoms. The Bertz CT molecular complexity index is 426. The van der Waals surface area contributed by atoms with Crippen LogP contribution in [-0.2, 0) is 0 Å². The van der Waals surface area contributed by atoms with Crippen molar-refractivity contribution >= 4 is 6.21 Å². The lowest BCUT2D eigenvalue weighted by Crippen LogP contribution is -1.88. The number of rotatable bonds is 3. The number of para-hydroxylation sites is 1. The molecule has 0 saturated heterocycles. The van der Waals surface area contributed by atoms with E-state index in [9.17, 15) is 0 Å². The van der Waals surface area contributed by atoms with Gasteiger partial charge in [-0.2, -0.15) is 0 Å². The van der Waals surface area contributed by atoms with Crippen LogP contribution in [0.3, 0.4) is 0 Å². The Labute approximate surface area is 88.0 Å². The van der Waals surface area contributed by atoms with Gasteiger partial charge in [0.25, 0.3) is 0 Å². The van der Waals surface area contributed by atoms with Gasteiger partial charge in [0.05, 0.1) is 11.9 Å². The van der Waals surface area contributed by atoms with Crippen molar-refractivity contribution in [1.82, 2.24) is 4.98 Å². The molecule has 0 radical (unpaired) electrons. The molecule has 0 aliphatic carbocycles. The fourth-order valence-electron chi connectivity index (χ4n) is 1.07. The smallest absolute Gasteiger partial charge is 0.157 e. The average Bonchev–Trinajstić information content (AvgIpc) is 2.32. The number of nitrogens with zero attached hydrogens (tertiary/aromatic N) is 2. The lowest BCUT2D eigenvalue weighted by Gasteiger charge is -1.95. The molecule has 0 spiro atoms. The molecular weight excluding hydrogens is 188 g/mol. The first-order valence-corrected chi connectivity index (χ1v) is 4.61. The molecule has 0 amide bonds. The number of aromatic nitrogens is 1. The summed E-state index contributed by atoms with van der Waals surface area (Å²) in [6.07, 6.45) is 3.29. The van der Waals surface area contributed by atoms with E-state index < -0.39 is 0 Å². The van der Waals surface area contributed by atoms with Crippen LogP contribution in [0.5, 0.6) is 5.75 Å². The number of oxime groups is 1. The maximum Gasteiger partial charge on any atom is 0.157 e. The molecule has 0 N–H and O–H groups in total. The van der Waals surface area contributed by atoms with Gasteiger partial charge in [-0.05, 0) is 24.3 Å². The maximum absolute atomic E-state index is 5.14. The first kappa shape index (κ1) is 9.40. The van der Waals surface area contributed by atoms with Crippen LogP contribution in [0, 0.1) is 0 Å². The van der Waals surface area contributed by atoms with E-state index in [0.717, 1.165) is 5.69 Å². The van der Waals surface area contributed by atoms with Crippen molar-refractivity contribution in [2.45, 2.75) is 0 Å². The monoisotopic (exact) mass is 198 g/mol. The van der Waals surface area contributed by atoms with Gasteiger partial charge < -0.3 is 4.84 Å². The summed E-state index contributed by atoms with van der Waals surface area (Å²) in [6.45, 7) is 0. The highest BCUT2D eigenvalue weighted by atomic mass is 16.6. The molecule has 0 aliphatic heterocycles. The molecule has 15 heavy (non-hydrogen) atoms. The average molecular weight is 198 g/mol. The summed E-state index contributed by atoms with van der Waals surface area (Å²) in [5, 5.41) is 3.82. The van der Waals surface area contributed by atoms with Crippen LogP contribution >= 0.6 is 0 Å². The fourth-order valence-corrected chi connectivity index (χ4v) is 1.07. The molecule has 74 valence electrons. The molecule has 2 rings (SSSR count). The molecule has 0 fully saturated rings. The Morgan fingerprint density at radius 2 is 1.80 bits per heavy atom. The molecule has 2 aromatic rings. The molecule has 1 aromatic heterocycles. The second kappa shape index (κ2) is 4.91. The van der Waals surface area contributed by atoms with E-state index in [4.69, 9.17) is 4.84 Å². The summed E-state index contributed by atoms with van der Waals surface area (Å²) in [6, 6.07) is 15.0. The Kier molecular flexibility index (Phi) is 3.07. The topological polar surface area (TPSA) is 34.5 Å². The van der Waals surface area contributed by atoms with E-state index in [0.29, 0.717) is 5.75 Å². The van der Waals surface area contributed by atoms with Crippen molar-refractivity contribution in [3.63, 3.8) is 0 Å². The van der Waals surface area contributed by atoms with Crippen molar-refractivity contribution in [3.8, 4) is 5.75 Å². The predicted octanol–water partition coefficient (Wildman–Crippen LogP) is 2.49. The first-order valence-electron chi connectivity index (χ1n) is 4.61. The van der Waals surface area contributed by atoms with Gasteiger partial charge in [-0.1, -0.05) is 29.4 Å². The quantitative estimate of drug-likeness (QED) is 0.561. The largest absolute Gasteiger partial charge is 0.357 e. The maximum atomic E-state index is 5.14. The Hall–Kier alpha value is -2.16. The van der Waals surface area contributed by atoms with Crippen LogP contribution in [0.4, 0.5) is 0 Å². The van der Waals surface area contributed by atoms with Crippen LogP contribution < -0.4 is 4.84 Å². The molecule has 3 heteroatoms. The minimum absolute atomic E-state index is 0.713. The van der Waals surface area contributed by atoms with Crippen LogP contribution in [0.1, 0.15) is 5.69 Å².